The van der Waals surface area contributed by atoms with Gasteiger partial charge < -0.3 is 9.64 Å². The molecule has 6 heteroatoms. The molecule has 2 aromatic rings. The van der Waals surface area contributed by atoms with E-state index < -0.39 is 11.7 Å². The number of aryl methyl sites for hydroxylation is 1. The summed E-state index contributed by atoms with van der Waals surface area (Å²) in [5, 5.41) is 9.32. The van der Waals surface area contributed by atoms with Crippen LogP contribution in [-0.2, 0) is 6.18 Å². The Morgan fingerprint density at radius 2 is 1.59 bits per heavy atom. The number of ether oxygens (including phenoxy) is 1. The van der Waals surface area contributed by atoms with Gasteiger partial charge in [-0.3, -0.25) is 0 Å². The summed E-state index contributed by atoms with van der Waals surface area (Å²) < 4.78 is 47.4. The molecular weight excluding hydrogens is 377 g/mol. The number of alkyl halides is 3. The summed E-state index contributed by atoms with van der Waals surface area (Å²) in [5.41, 5.74) is 0.353. The van der Waals surface area contributed by atoms with Crippen LogP contribution in [0.4, 0.5) is 18.9 Å². The van der Waals surface area contributed by atoms with E-state index in [9.17, 15) is 18.4 Å². The fourth-order valence-electron chi connectivity index (χ4n) is 3.01. The number of halogens is 3. The van der Waals surface area contributed by atoms with E-state index in [-0.39, 0.29) is 11.3 Å². The zero-order valence-electron chi connectivity index (χ0n) is 17.1. The molecule has 29 heavy (non-hydrogen) atoms. The van der Waals surface area contributed by atoms with Gasteiger partial charge in [0.05, 0.1) is 17.3 Å². The highest BCUT2D eigenvalue weighted by atomic mass is 19.4. The van der Waals surface area contributed by atoms with Gasteiger partial charge in [0.15, 0.2) is 5.75 Å². The number of hydrogen-bond acceptors (Lipinski definition) is 3. The van der Waals surface area contributed by atoms with E-state index in [0.29, 0.717) is 24.5 Å². The van der Waals surface area contributed by atoms with E-state index in [0.717, 1.165) is 37.3 Å². The van der Waals surface area contributed by atoms with Gasteiger partial charge in [0, 0.05) is 13.1 Å². The van der Waals surface area contributed by atoms with Gasteiger partial charge in [0.25, 0.3) is 0 Å². The summed E-state index contributed by atoms with van der Waals surface area (Å²) in [5.74, 6) is 0.0885. The molecule has 0 amide bonds. The summed E-state index contributed by atoms with van der Waals surface area (Å²) in [7, 11) is 0. The van der Waals surface area contributed by atoms with E-state index in [1.54, 1.807) is 24.3 Å². The zero-order valence-corrected chi connectivity index (χ0v) is 17.1. The first-order chi connectivity index (χ1) is 13.8. The third-order valence-electron chi connectivity index (χ3n) is 4.65. The van der Waals surface area contributed by atoms with Gasteiger partial charge in [0.1, 0.15) is 11.3 Å². The SMILES string of the molecule is CCCCN(CCCC)c1cc(C#N)cc(C(F)(F)F)c1Oc1ccc(C)cc1. The first kappa shape index (κ1) is 22.6. The van der Waals surface area contributed by atoms with Crippen LogP contribution in [0.1, 0.15) is 56.2 Å². The maximum Gasteiger partial charge on any atom is 0.420 e. The van der Waals surface area contributed by atoms with E-state index in [1.165, 1.54) is 6.07 Å². The Morgan fingerprint density at radius 1 is 1.00 bits per heavy atom. The topological polar surface area (TPSA) is 36.3 Å². The number of nitriles is 1. The van der Waals surface area contributed by atoms with Crippen molar-refractivity contribution >= 4 is 5.69 Å². The summed E-state index contributed by atoms with van der Waals surface area (Å²) >= 11 is 0. The molecule has 0 unspecified atom stereocenters. The largest absolute Gasteiger partial charge is 0.455 e. The van der Waals surface area contributed by atoms with Gasteiger partial charge in [-0.05, 0) is 44.0 Å². The highest BCUT2D eigenvalue weighted by Gasteiger charge is 2.37. The summed E-state index contributed by atoms with van der Waals surface area (Å²) in [4.78, 5) is 1.91. The van der Waals surface area contributed by atoms with Crippen molar-refractivity contribution < 1.29 is 17.9 Å². The lowest BCUT2D eigenvalue weighted by Gasteiger charge is -2.28. The lowest BCUT2D eigenvalue weighted by Crippen LogP contribution is -2.27. The predicted octanol–water partition coefficient (Wildman–Crippen LogP) is 7.08. The minimum atomic E-state index is -4.64. The minimum Gasteiger partial charge on any atom is -0.455 e. The maximum absolute atomic E-state index is 13.9. The van der Waals surface area contributed by atoms with Crippen LogP contribution >= 0.6 is 0 Å². The van der Waals surface area contributed by atoms with Crippen molar-refractivity contribution in [3.63, 3.8) is 0 Å². The van der Waals surface area contributed by atoms with Gasteiger partial charge in [-0.2, -0.15) is 18.4 Å². The van der Waals surface area contributed by atoms with Crippen molar-refractivity contribution in [3.05, 3.63) is 53.1 Å². The third kappa shape index (κ3) is 6.15. The Hall–Kier alpha value is -2.68. The lowest BCUT2D eigenvalue weighted by molar-refractivity contribution is -0.138. The molecule has 0 atom stereocenters. The van der Waals surface area contributed by atoms with Gasteiger partial charge in [-0.15, -0.1) is 0 Å². The highest BCUT2D eigenvalue weighted by Crippen LogP contribution is 2.45. The second kappa shape index (κ2) is 10.2. The first-order valence-corrected chi connectivity index (χ1v) is 9.95. The van der Waals surface area contributed by atoms with Crippen LogP contribution in [0.3, 0.4) is 0 Å². The van der Waals surface area contributed by atoms with Crippen molar-refractivity contribution in [1.82, 2.24) is 0 Å². The van der Waals surface area contributed by atoms with Crippen LogP contribution in [-0.4, -0.2) is 13.1 Å². The fraction of sp³-hybridized carbons (Fsp3) is 0.435. The molecule has 2 rings (SSSR count). The van der Waals surface area contributed by atoms with Gasteiger partial charge in [-0.25, -0.2) is 0 Å². The average molecular weight is 404 g/mol. The molecule has 156 valence electrons. The van der Waals surface area contributed by atoms with Crippen LogP contribution in [0.15, 0.2) is 36.4 Å². The summed E-state index contributed by atoms with van der Waals surface area (Å²) in [6.45, 7) is 7.18. The summed E-state index contributed by atoms with van der Waals surface area (Å²) in [6.07, 6.45) is -1.12. The van der Waals surface area contributed by atoms with Crippen molar-refractivity contribution in [1.29, 1.82) is 5.26 Å². The lowest BCUT2D eigenvalue weighted by atomic mass is 10.1. The highest BCUT2D eigenvalue weighted by molar-refractivity contribution is 5.67. The molecule has 0 aromatic heterocycles. The number of rotatable bonds is 9. The Kier molecular flexibility index (Phi) is 7.95. The van der Waals surface area contributed by atoms with Crippen LogP contribution in [0, 0.1) is 18.3 Å². The van der Waals surface area contributed by atoms with Crippen molar-refractivity contribution in [2.24, 2.45) is 0 Å². The molecule has 0 spiro atoms. The number of hydrogen-bond donors (Lipinski definition) is 0. The van der Waals surface area contributed by atoms with Crippen molar-refractivity contribution in [2.75, 3.05) is 18.0 Å². The second-order valence-corrected chi connectivity index (χ2v) is 7.09. The van der Waals surface area contributed by atoms with Gasteiger partial charge in [-0.1, -0.05) is 44.4 Å². The number of unbranched alkanes of at least 4 members (excludes halogenated alkanes) is 2. The Balaban J connectivity index is 2.63. The van der Waals surface area contributed by atoms with E-state index in [4.69, 9.17) is 4.74 Å². The predicted molar refractivity (Wildman–Crippen MR) is 109 cm³/mol. The van der Waals surface area contributed by atoms with Crippen molar-refractivity contribution in [3.8, 4) is 17.6 Å². The number of benzene rings is 2. The Labute approximate surface area is 170 Å². The zero-order chi connectivity index (χ0) is 21.4. The number of nitrogens with zero attached hydrogens (tertiary/aromatic N) is 2. The first-order valence-electron chi connectivity index (χ1n) is 9.95. The number of anilines is 1. The average Bonchev–Trinajstić information content (AvgIpc) is 2.69. The van der Waals surface area contributed by atoms with E-state index in [1.807, 2.05) is 31.7 Å². The van der Waals surface area contributed by atoms with Crippen LogP contribution in [0.2, 0.25) is 0 Å². The molecule has 0 aliphatic heterocycles. The van der Waals surface area contributed by atoms with Crippen LogP contribution in [0.5, 0.6) is 11.5 Å². The molecule has 0 aliphatic carbocycles. The Bertz CT molecular complexity index is 831. The summed E-state index contributed by atoms with van der Waals surface area (Å²) in [6, 6.07) is 11.1. The molecule has 0 fully saturated rings. The quantitative estimate of drug-likeness (QED) is 0.448. The molecule has 0 saturated carbocycles. The molecular formula is C23H27F3N2O. The normalized spacial score (nSPS) is 11.2. The molecule has 3 nitrogen and oxygen atoms in total. The molecule has 0 N–H and O–H groups in total. The standard InChI is InChI=1S/C23H27F3N2O/c1-4-6-12-28(13-7-5-2)21-15-18(16-27)14-20(23(24,25)26)22(21)29-19-10-8-17(3)9-11-19/h8-11,14-15H,4-7,12-13H2,1-3H3. The fourth-order valence-corrected chi connectivity index (χ4v) is 3.01. The molecule has 0 bridgehead atoms. The molecule has 0 radical (unpaired) electrons. The molecule has 0 aliphatic rings. The van der Waals surface area contributed by atoms with Crippen LogP contribution < -0.4 is 9.64 Å². The Morgan fingerprint density at radius 3 is 2.07 bits per heavy atom. The smallest absolute Gasteiger partial charge is 0.420 e. The monoisotopic (exact) mass is 404 g/mol. The second-order valence-electron chi connectivity index (χ2n) is 7.09. The molecule has 0 saturated heterocycles. The van der Waals surface area contributed by atoms with E-state index >= 15 is 0 Å². The molecule has 0 heterocycles. The maximum atomic E-state index is 13.9. The van der Waals surface area contributed by atoms with Crippen LogP contribution in [0.25, 0.3) is 0 Å². The minimum absolute atomic E-state index is 0.0263. The third-order valence-corrected chi connectivity index (χ3v) is 4.65. The van der Waals surface area contributed by atoms with Crippen molar-refractivity contribution in [2.45, 2.75) is 52.6 Å². The van der Waals surface area contributed by atoms with E-state index in [2.05, 4.69) is 0 Å². The van der Waals surface area contributed by atoms with Gasteiger partial charge in [0.2, 0.25) is 0 Å². The van der Waals surface area contributed by atoms with Gasteiger partial charge >= 0.3 is 6.18 Å². The molecule has 2 aromatic carbocycles.